The molecule has 2 aromatic heterocycles. The number of benzene rings is 2. The molecule has 2 heterocycles. The highest BCUT2D eigenvalue weighted by Crippen LogP contribution is 2.36. The number of carbonyl (C=O) groups excluding carboxylic acids is 1. The van der Waals surface area contributed by atoms with E-state index in [0.29, 0.717) is 16.3 Å². The van der Waals surface area contributed by atoms with Gasteiger partial charge in [0, 0.05) is 28.7 Å². The Morgan fingerprint density at radius 3 is 2.42 bits per heavy atom. The Bertz CT molecular complexity index is 1300. The maximum atomic E-state index is 13.7. The molecule has 6 nitrogen and oxygen atoms in total. The Morgan fingerprint density at radius 1 is 1.09 bits per heavy atom. The summed E-state index contributed by atoms with van der Waals surface area (Å²) in [7, 11) is 0. The van der Waals surface area contributed by atoms with E-state index < -0.39 is 17.6 Å². The number of halogens is 4. The first kappa shape index (κ1) is 22.6. The first-order valence-corrected chi connectivity index (χ1v) is 10.3. The van der Waals surface area contributed by atoms with Crippen LogP contribution in [0.25, 0.3) is 11.4 Å². The zero-order valence-electron chi connectivity index (χ0n) is 17.7. The summed E-state index contributed by atoms with van der Waals surface area (Å²) in [5, 5.41) is 11.4. The monoisotopic (exact) mass is 473 g/mol. The van der Waals surface area contributed by atoms with Gasteiger partial charge in [-0.2, -0.15) is 23.4 Å². The normalized spacial score (nSPS) is 11.6. The van der Waals surface area contributed by atoms with Crippen LogP contribution in [0.3, 0.4) is 0 Å². The molecule has 4 aromatic rings. The quantitative estimate of drug-likeness (QED) is 0.414. The Labute approximate surface area is 192 Å². The number of nitrogens with zero attached hydrogens (tertiary/aromatic N) is 4. The highest BCUT2D eigenvalue weighted by atomic mass is 35.5. The molecule has 1 amide bonds. The largest absolute Gasteiger partial charge is 0.418 e. The minimum atomic E-state index is -4.66. The van der Waals surface area contributed by atoms with Crippen LogP contribution in [0.2, 0.25) is 5.02 Å². The summed E-state index contributed by atoms with van der Waals surface area (Å²) < 4.78 is 44.1. The molecular weight excluding hydrogens is 455 g/mol. The second-order valence-electron chi connectivity index (χ2n) is 7.44. The minimum Gasteiger partial charge on any atom is -0.325 e. The van der Waals surface area contributed by atoms with Crippen molar-refractivity contribution in [3.05, 3.63) is 88.5 Å². The lowest BCUT2D eigenvalue weighted by atomic mass is 10.1. The van der Waals surface area contributed by atoms with Gasteiger partial charge in [-0.3, -0.25) is 4.79 Å². The van der Waals surface area contributed by atoms with Crippen molar-refractivity contribution in [1.82, 2.24) is 19.6 Å². The van der Waals surface area contributed by atoms with E-state index in [1.54, 1.807) is 48.9 Å². The van der Waals surface area contributed by atoms with E-state index in [-0.39, 0.29) is 17.8 Å². The van der Waals surface area contributed by atoms with Gasteiger partial charge in [0.25, 0.3) is 0 Å². The summed E-state index contributed by atoms with van der Waals surface area (Å²) in [5.74, 6) is -0.575. The van der Waals surface area contributed by atoms with Gasteiger partial charge in [-0.05, 0) is 62.4 Å². The molecule has 0 bridgehead atoms. The topological polar surface area (TPSA) is 64.7 Å². The van der Waals surface area contributed by atoms with E-state index in [2.05, 4.69) is 15.5 Å². The highest BCUT2D eigenvalue weighted by Gasteiger charge is 2.34. The molecule has 10 heteroatoms. The van der Waals surface area contributed by atoms with Gasteiger partial charge < -0.3 is 5.32 Å². The van der Waals surface area contributed by atoms with Crippen molar-refractivity contribution in [1.29, 1.82) is 0 Å². The lowest BCUT2D eigenvalue weighted by Crippen LogP contribution is -2.19. The molecule has 0 saturated carbocycles. The summed E-state index contributed by atoms with van der Waals surface area (Å²) in [5.41, 5.74) is 1.71. The van der Waals surface area contributed by atoms with E-state index in [1.165, 1.54) is 29.2 Å². The van der Waals surface area contributed by atoms with Gasteiger partial charge in [-0.1, -0.05) is 11.6 Å². The van der Waals surface area contributed by atoms with E-state index in [1.807, 2.05) is 0 Å². The van der Waals surface area contributed by atoms with Gasteiger partial charge in [-0.25, -0.2) is 9.36 Å². The van der Waals surface area contributed by atoms with E-state index in [9.17, 15) is 18.0 Å². The Balaban J connectivity index is 1.59. The van der Waals surface area contributed by atoms with Crippen molar-refractivity contribution in [3.8, 4) is 11.4 Å². The summed E-state index contributed by atoms with van der Waals surface area (Å²) in [6, 6.07) is 12.3. The summed E-state index contributed by atoms with van der Waals surface area (Å²) in [6.07, 6.45) is -1.77. The van der Waals surface area contributed by atoms with Crippen LogP contribution in [0.1, 0.15) is 22.5 Å². The van der Waals surface area contributed by atoms with Crippen molar-refractivity contribution in [3.63, 3.8) is 0 Å². The molecule has 0 fully saturated rings. The third-order valence-corrected chi connectivity index (χ3v) is 5.45. The maximum absolute atomic E-state index is 13.7. The van der Waals surface area contributed by atoms with Gasteiger partial charge >= 0.3 is 6.18 Å². The fourth-order valence-electron chi connectivity index (χ4n) is 3.56. The molecule has 0 saturated heterocycles. The smallest absolute Gasteiger partial charge is 0.325 e. The molecule has 0 radical (unpaired) electrons. The fraction of sp³-hybridized carbons (Fsp3) is 0.174. The molecule has 0 atom stereocenters. The second-order valence-corrected chi connectivity index (χ2v) is 7.88. The summed E-state index contributed by atoms with van der Waals surface area (Å²) >= 11 is 5.94. The number of amides is 1. The van der Waals surface area contributed by atoms with Crippen molar-refractivity contribution < 1.29 is 18.0 Å². The third-order valence-electron chi connectivity index (χ3n) is 5.20. The van der Waals surface area contributed by atoms with Crippen LogP contribution < -0.4 is 5.32 Å². The Morgan fingerprint density at radius 2 is 1.79 bits per heavy atom. The van der Waals surface area contributed by atoms with Gasteiger partial charge in [-0.15, -0.1) is 0 Å². The lowest BCUT2D eigenvalue weighted by molar-refractivity contribution is -0.137. The highest BCUT2D eigenvalue weighted by molar-refractivity contribution is 6.30. The van der Waals surface area contributed by atoms with Crippen molar-refractivity contribution in [2.75, 3.05) is 5.32 Å². The molecular formula is C23H19ClF3N5O. The predicted octanol–water partition coefficient (Wildman–Crippen LogP) is 5.53. The van der Waals surface area contributed by atoms with Crippen LogP contribution in [0.4, 0.5) is 18.9 Å². The molecule has 33 heavy (non-hydrogen) atoms. The molecule has 0 aliphatic rings. The number of aryl methyl sites for hydroxylation is 1. The molecule has 4 rings (SSSR count). The number of rotatable bonds is 5. The number of anilines is 1. The average molecular weight is 474 g/mol. The molecule has 0 spiro atoms. The summed E-state index contributed by atoms with van der Waals surface area (Å²) in [4.78, 5) is 12.7. The molecule has 2 aromatic carbocycles. The van der Waals surface area contributed by atoms with Gasteiger partial charge in [0.05, 0.1) is 34.7 Å². The number of nitrogens with one attached hydrogen (secondary N) is 1. The first-order chi connectivity index (χ1) is 15.6. The third kappa shape index (κ3) is 4.78. The van der Waals surface area contributed by atoms with Crippen LogP contribution in [0.15, 0.2) is 60.9 Å². The summed E-state index contributed by atoms with van der Waals surface area (Å²) in [6.45, 7) is 3.55. The van der Waals surface area contributed by atoms with Crippen LogP contribution in [-0.2, 0) is 17.4 Å². The van der Waals surface area contributed by atoms with Crippen molar-refractivity contribution >= 4 is 23.2 Å². The van der Waals surface area contributed by atoms with E-state index >= 15 is 0 Å². The van der Waals surface area contributed by atoms with Gasteiger partial charge in [0.1, 0.15) is 0 Å². The number of carbonyl (C=O) groups is 1. The molecule has 0 aliphatic heterocycles. The lowest BCUT2D eigenvalue weighted by Gasteiger charge is -2.15. The van der Waals surface area contributed by atoms with Gasteiger partial charge in [0.2, 0.25) is 5.91 Å². The maximum Gasteiger partial charge on any atom is 0.418 e. The van der Waals surface area contributed by atoms with Gasteiger partial charge in [0.15, 0.2) is 0 Å². The second kappa shape index (κ2) is 8.74. The van der Waals surface area contributed by atoms with Crippen LogP contribution in [-0.4, -0.2) is 25.5 Å². The molecule has 0 unspecified atom stereocenters. The number of alkyl halides is 3. The van der Waals surface area contributed by atoms with E-state index in [0.717, 1.165) is 17.4 Å². The zero-order valence-corrected chi connectivity index (χ0v) is 18.4. The number of hydrogen-bond acceptors (Lipinski definition) is 3. The average Bonchev–Trinajstić information content (AvgIpc) is 3.38. The zero-order chi connectivity index (χ0) is 23.8. The predicted molar refractivity (Wildman–Crippen MR) is 119 cm³/mol. The van der Waals surface area contributed by atoms with E-state index in [4.69, 9.17) is 11.6 Å². The Hall–Kier alpha value is -3.59. The SMILES string of the molecule is Cc1nn(-c2ccc(Cl)cc2)c(C)c1CC(=O)Nc1ccc(-n2cccn2)cc1C(F)(F)F. The fourth-order valence-corrected chi connectivity index (χ4v) is 3.69. The van der Waals surface area contributed by atoms with Crippen LogP contribution >= 0.6 is 11.6 Å². The first-order valence-electron chi connectivity index (χ1n) is 9.95. The molecule has 0 aliphatic carbocycles. The standard InChI is InChI=1S/C23H19ClF3N5O/c1-14-19(15(2)32(30-14)17-6-4-16(24)5-7-17)13-22(33)29-21-9-8-18(31-11-3-10-28-31)12-20(21)23(25,26)27/h3-12H,13H2,1-2H3,(H,29,33). The van der Waals surface area contributed by atoms with Crippen LogP contribution in [0, 0.1) is 13.8 Å². The van der Waals surface area contributed by atoms with Crippen LogP contribution in [0.5, 0.6) is 0 Å². The van der Waals surface area contributed by atoms with Crippen molar-refractivity contribution in [2.24, 2.45) is 0 Å². The molecule has 1 N–H and O–H groups in total. The number of aromatic nitrogens is 4. The molecule has 170 valence electrons. The number of hydrogen-bond donors (Lipinski definition) is 1. The Kier molecular flexibility index (Phi) is 5.99. The van der Waals surface area contributed by atoms with Crippen molar-refractivity contribution in [2.45, 2.75) is 26.4 Å². The minimum absolute atomic E-state index is 0.122.